The number of rotatable bonds is 22. The monoisotopic (exact) mass is 955 g/mol. The molecule has 0 aliphatic carbocycles. The third kappa shape index (κ3) is 16.3. The van der Waals surface area contributed by atoms with E-state index in [4.69, 9.17) is 24.7 Å². The van der Waals surface area contributed by atoms with E-state index in [2.05, 4.69) is 43.0 Å². The quantitative estimate of drug-likeness (QED) is 0.0308. The van der Waals surface area contributed by atoms with Crippen molar-refractivity contribution in [3.05, 3.63) is 77.9 Å². The van der Waals surface area contributed by atoms with Crippen molar-refractivity contribution in [3.8, 4) is 23.0 Å². The Morgan fingerprint density at radius 3 is 1.43 bits per heavy atom. The van der Waals surface area contributed by atoms with Gasteiger partial charge in [0, 0.05) is 38.1 Å². The second kappa shape index (κ2) is 25.7. The molecule has 21 heteroatoms. The van der Waals surface area contributed by atoms with Gasteiger partial charge in [-0.2, -0.15) is 0 Å². The molecule has 0 saturated carbocycles. The highest BCUT2D eigenvalue weighted by atomic mass is 16.5. The van der Waals surface area contributed by atoms with Gasteiger partial charge in [0.1, 0.15) is 35.1 Å². The largest absolute Gasteiger partial charge is 0.496 e. The molecule has 4 rings (SSSR count). The lowest BCUT2D eigenvalue weighted by Gasteiger charge is -2.22. The summed E-state index contributed by atoms with van der Waals surface area (Å²) >= 11 is 0. The number of benzene rings is 4. The molecule has 4 aromatic carbocycles. The molecule has 10 N–H and O–H groups in total. The van der Waals surface area contributed by atoms with E-state index in [9.17, 15) is 38.4 Å². The van der Waals surface area contributed by atoms with E-state index < -0.39 is 47.5 Å². The lowest BCUT2D eigenvalue weighted by Crippen LogP contribution is -2.54. The van der Waals surface area contributed by atoms with Crippen LogP contribution in [0.4, 0.5) is 17.1 Å². The van der Waals surface area contributed by atoms with Gasteiger partial charge in [-0.3, -0.25) is 60.1 Å². The number of fused-ring (bicyclic) bond motifs is 1. The van der Waals surface area contributed by atoms with Crippen LogP contribution < -0.4 is 67.7 Å². The Balaban J connectivity index is 1.22. The molecule has 0 fully saturated rings. The Hall–Kier alpha value is -8.10. The maximum atomic E-state index is 13.1. The number of amides is 8. The van der Waals surface area contributed by atoms with Gasteiger partial charge < -0.3 is 45.9 Å². The molecule has 0 aromatic heterocycles. The van der Waals surface area contributed by atoms with Gasteiger partial charge in [0.25, 0.3) is 23.6 Å². The van der Waals surface area contributed by atoms with Crippen molar-refractivity contribution in [2.24, 2.45) is 11.8 Å². The van der Waals surface area contributed by atoms with Crippen LogP contribution in [0.15, 0.2) is 66.7 Å². The molecule has 69 heavy (non-hydrogen) atoms. The van der Waals surface area contributed by atoms with Gasteiger partial charge in [-0.1, -0.05) is 33.8 Å². The summed E-state index contributed by atoms with van der Waals surface area (Å²) in [7, 11) is 2.76. The number of hydrazine groups is 2. The molecule has 4 aromatic rings. The fourth-order valence-electron chi connectivity index (χ4n) is 6.75. The first-order chi connectivity index (χ1) is 32.8. The number of anilines is 3. The van der Waals surface area contributed by atoms with Crippen molar-refractivity contribution < 1.29 is 57.3 Å². The van der Waals surface area contributed by atoms with Gasteiger partial charge in [-0.25, -0.2) is 0 Å². The average molecular weight is 956 g/mol. The Morgan fingerprint density at radius 2 is 1.00 bits per heavy atom. The van der Waals surface area contributed by atoms with Gasteiger partial charge in [0.15, 0.2) is 0 Å². The van der Waals surface area contributed by atoms with Gasteiger partial charge in [-0.15, -0.1) is 0 Å². The number of carbonyl (C=O) groups is 8. The molecule has 2 atom stereocenters. The topological polar surface area (TPSA) is 296 Å². The zero-order valence-electron chi connectivity index (χ0n) is 39.9. The zero-order valence-corrected chi connectivity index (χ0v) is 39.9. The molecule has 0 radical (unpaired) electrons. The number of methoxy groups -OCH3 is 2. The number of ether oxygens (including phenoxy) is 4. The number of hydrogen-bond donors (Lipinski definition) is 9. The van der Waals surface area contributed by atoms with Crippen LogP contribution in [0.2, 0.25) is 0 Å². The van der Waals surface area contributed by atoms with E-state index in [0.29, 0.717) is 41.4 Å². The third-order valence-corrected chi connectivity index (χ3v) is 10.2. The summed E-state index contributed by atoms with van der Waals surface area (Å²) in [5, 5.41) is 12.2. The SMILES string of the molecule is COc1ccc(NC(C)=O)cc1C(=O)NNC(=O)[C@@H](NC(=O)CCCOc1ccc2cc(N)c(OCCCC(=O)N[C@H](C(=O)NNC(=O)c3cc(NC(C)=O)ccc3OC)C(C)C)cc2c1)C(C)C. The van der Waals surface area contributed by atoms with Crippen LogP contribution >= 0.6 is 0 Å². The van der Waals surface area contributed by atoms with E-state index in [1.165, 1.54) is 52.3 Å². The molecular weight excluding hydrogens is 895 g/mol. The second-order valence-corrected chi connectivity index (χ2v) is 16.5. The van der Waals surface area contributed by atoms with Crippen LogP contribution in [0.25, 0.3) is 10.8 Å². The van der Waals surface area contributed by atoms with Crippen molar-refractivity contribution in [3.63, 3.8) is 0 Å². The number of hydrogen-bond acceptors (Lipinski definition) is 13. The van der Waals surface area contributed by atoms with Gasteiger partial charge in [0.05, 0.1) is 44.2 Å². The van der Waals surface area contributed by atoms with Crippen molar-refractivity contribution in [1.29, 1.82) is 0 Å². The summed E-state index contributed by atoms with van der Waals surface area (Å²) in [6.45, 7) is 9.96. The Bertz CT molecular complexity index is 2530. The molecule has 0 saturated heterocycles. The van der Waals surface area contributed by atoms with Crippen molar-refractivity contribution in [2.75, 3.05) is 43.8 Å². The van der Waals surface area contributed by atoms with Crippen LogP contribution in [0.3, 0.4) is 0 Å². The standard InChI is InChI=1S/C48H61N9O12/c1-26(2)43(47(64)56-54-45(62)35-24-32(50-28(5)58)14-17-38(35)66-7)52-41(60)11-9-19-68-34-16-13-30-22-37(49)40(23-31(30)21-34)69-20-10-12-42(61)53-44(27(3)4)48(65)57-55-46(63)36-25-33(51-29(6)59)15-18-39(36)67-8/h13-18,21-27,43-44H,9-12,19-20,49H2,1-8H3,(H,50,58)(H,51,59)(H,52,60)(H,53,61)(H,54,62)(H,55,63)(H,56,64)(H,57,65)/t43-,44-/m0/s1. The molecule has 370 valence electrons. The zero-order chi connectivity index (χ0) is 50.8. The molecule has 0 bridgehead atoms. The molecule has 0 aliphatic rings. The minimum Gasteiger partial charge on any atom is -0.496 e. The smallest absolute Gasteiger partial charge is 0.273 e. The minimum atomic E-state index is -0.977. The fraction of sp³-hybridized carbons (Fsp3) is 0.375. The molecule has 0 aliphatic heterocycles. The summed E-state index contributed by atoms with van der Waals surface area (Å²) in [5.74, 6) is -3.45. The van der Waals surface area contributed by atoms with Gasteiger partial charge >= 0.3 is 0 Å². The molecule has 0 spiro atoms. The van der Waals surface area contributed by atoms with E-state index in [1.54, 1.807) is 64.1 Å². The van der Waals surface area contributed by atoms with E-state index in [1.807, 2.05) is 6.07 Å². The van der Waals surface area contributed by atoms with E-state index in [0.717, 1.165) is 10.8 Å². The first-order valence-electron chi connectivity index (χ1n) is 22.1. The first kappa shape index (κ1) is 53.5. The van der Waals surface area contributed by atoms with Crippen LogP contribution in [0, 0.1) is 11.8 Å². The lowest BCUT2D eigenvalue weighted by molar-refractivity contribution is -0.130. The van der Waals surface area contributed by atoms with E-state index >= 15 is 0 Å². The van der Waals surface area contributed by atoms with Crippen molar-refractivity contribution in [1.82, 2.24) is 32.3 Å². The average Bonchev–Trinajstić information content (AvgIpc) is 3.30. The third-order valence-electron chi connectivity index (χ3n) is 10.2. The first-order valence-corrected chi connectivity index (χ1v) is 22.1. The summed E-state index contributed by atoms with van der Waals surface area (Å²) in [6, 6.07) is 15.9. The Morgan fingerprint density at radius 1 is 0.536 bits per heavy atom. The maximum absolute atomic E-state index is 13.1. The van der Waals surface area contributed by atoms with Crippen LogP contribution in [0.5, 0.6) is 23.0 Å². The Labute approximate surface area is 399 Å². The second-order valence-electron chi connectivity index (χ2n) is 16.5. The van der Waals surface area contributed by atoms with Gasteiger partial charge in [0.2, 0.25) is 23.6 Å². The predicted octanol–water partition coefficient (Wildman–Crippen LogP) is 3.88. The summed E-state index contributed by atoms with van der Waals surface area (Å²) < 4.78 is 22.4. The normalized spacial score (nSPS) is 11.6. The number of carbonyl (C=O) groups excluding carboxylic acids is 8. The molecule has 0 unspecified atom stereocenters. The maximum Gasteiger partial charge on any atom is 0.273 e. The Kier molecular flexibility index (Phi) is 19.9. The fourth-order valence-corrected chi connectivity index (χ4v) is 6.75. The number of nitrogens with two attached hydrogens (primary N) is 1. The lowest BCUT2D eigenvalue weighted by atomic mass is 10.0. The number of nitrogen functional groups attached to an aromatic ring is 1. The van der Waals surface area contributed by atoms with Crippen LogP contribution in [-0.2, 0) is 28.8 Å². The number of nitrogens with one attached hydrogen (secondary N) is 8. The highest BCUT2D eigenvalue weighted by Gasteiger charge is 2.27. The molecule has 0 heterocycles. The highest BCUT2D eigenvalue weighted by Crippen LogP contribution is 2.31. The predicted molar refractivity (Wildman–Crippen MR) is 257 cm³/mol. The summed E-state index contributed by atoms with van der Waals surface area (Å²) in [4.78, 5) is 101. The summed E-state index contributed by atoms with van der Waals surface area (Å²) in [5.41, 5.74) is 16.9. The van der Waals surface area contributed by atoms with Crippen LogP contribution in [0.1, 0.15) is 87.9 Å². The van der Waals surface area contributed by atoms with Crippen molar-refractivity contribution in [2.45, 2.75) is 79.3 Å². The molecule has 21 nitrogen and oxygen atoms in total. The minimum absolute atomic E-state index is 0.0253. The molecular formula is C48H61N9O12. The van der Waals surface area contributed by atoms with Gasteiger partial charge in [-0.05, 0) is 96.1 Å². The summed E-state index contributed by atoms with van der Waals surface area (Å²) in [6.07, 6.45) is 0.693. The van der Waals surface area contributed by atoms with Crippen LogP contribution in [-0.4, -0.2) is 86.8 Å². The van der Waals surface area contributed by atoms with Crippen molar-refractivity contribution >= 4 is 75.1 Å². The van der Waals surface area contributed by atoms with E-state index in [-0.39, 0.29) is 72.3 Å². The molecule has 8 amide bonds. The highest BCUT2D eigenvalue weighted by molar-refractivity contribution is 6.02.